The van der Waals surface area contributed by atoms with Crippen molar-refractivity contribution in [2.24, 2.45) is 0 Å². The number of hydrogen-bond donors (Lipinski definition) is 0. The Hall–Kier alpha value is -2.40. The SMILES string of the molecule is Cc1cnc(C(=O)Cc2nc(-c3ccccc3)cs2)nc1. The van der Waals surface area contributed by atoms with E-state index in [0.29, 0.717) is 0 Å². The number of rotatable bonds is 4. The molecule has 0 saturated carbocycles. The van der Waals surface area contributed by atoms with Gasteiger partial charge in [0.25, 0.3) is 0 Å². The van der Waals surface area contributed by atoms with E-state index in [9.17, 15) is 4.79 Å². The van der Waals surface area contributed by atoms with Crippen LogP contribution < -0.4 is 0 Å². The molecule has 0 aliphatic carbocycles. The van der Waals surface area contributed by atoms with Crippen molar-refractivity contribution >= 4 is 17.1 Å². The van der Waals surface area contributed by atoms with Gasteiger partial charge in [-0.3, -0.25) is 4.79 Å². The van der Waals surface area contributed by atoms with Crippen molar-refractivity contribution in [2.75, 3.05) is 0 Å². The Kier molecular flexibility index (Phi) is 3.83. The lowest BCUT2D eigenvalue weighted by Gasteiger charge is -1.98. The lowest BCUT2D eigenvalue weighted by atomic mass is 10.2. The van der Waals surface area contributed by atoms with Gasteiger partial charge in [-0.05, 0) is 12.5 Å². The maximum absolute atomic E-state index is 12.1. The lowest BCUT2D eigenvalue weighted by molar-refractivity contribution is 0.0983. The van der Waals surface area contributed by atoms with E-state index in [-0.39, 0.29) is 18.0 Å². The molecule has 0 spiro atoms. The molecule has 3 rings (SSSR count). The minimum absolute atomic E-state index is 0.107. The van der Waals surface area contributed by atoms with Gasteiger partial charge in [0.15, 0.2) is 5.82 Å². The van der Waals surface area contributed by atoms with Gasteiger partial charge in [0, 0.05) is 23.3 Å². The number of benzene rings is 1. The zero-order chi connectivity index (χ0) is 14.7. The average Bonchev–Trinajstić information content (AvgIpc) is 2.97. The van der Waals surface area contributed by atoms with Crippen LogP contribution in [0.1, 0.15) is 21.2 Å². The molecule has 1 aromatic carbocycles. The molecule has 4 nitrogen and oxygen atoms in total. The summed E-state index contributed by atoms with van der Waals surface area (Å²) in [5.41, 5.74) is 2.89. The van der Waals surface area contributed by atoms with Gasteiger partial charge in [0.05, 0.1) is 12.1 Å². The van der Waals surface area contributed by atoms with Gasteiger partial charge in [-0.15, -0.1) is 11.3 Å². The predicted octanol–water partition coefficient (Wildman–Crippen LogP) is 3.33. The number of carbonyl (C=O) groups excluding carboxylic acids is 1. The fourth-order valence-corrected chi connectivity index (χ4v) is 2.69. The highest BCUT2D eigenvalue weighted by Gasteiger charge is 2.13. The first-order valence-corrected chi connectivity index (χ1v) is 7.42. The smallest absolute Gasteiger partial charge is 0.206 e. The molecule has 0 saturated heterocycles. The Balaban J connectivity index is 1.75. The fraction of sp³-hybridized carbons (Fsp3) is 0.125. The van der Waals surface area contributed by atoms with E-state index < -0.39 is 0 Å². The number of aromatic nitrogens is 3. The molecule has 21 heavy (non-hydrogen) atoms. The van der Waals surface area contributed by atoms with Crippen LogP contribution in [-0.4, -0.2) is 20.7 Å². The second kappa shape index (κ2) is 5.93. The van der Waals surface area contributed by atoms with Crippen molar-refractivity contribution in [3.8, 4) is 11.3 Å². The minimum Gasteiger partial charge on any atom is -0.290 e. The number of hydrogen-bond acceptors (Lipinski definition) is 5. The Bertz CT molecular complexity index is 751. The number of nitrogens with zero attached hydrogens (tertiary/aromatic N) is 3. The summed E-state index contributed by atoms with van der Waals surface area (Å²) in [6.45, 7) is 1.89. The molecule has 0 aliphatic heterocycles. The Morgan fingerprint density at radius 2 is 1.86 bits per heavy atom. The zero-order valence-electron chi connectivity index (χ0n) is 11.5. The first kappa shape index (κ1) is 13.6. The monoisotopic (exact) mass is 295 g/mol. The Morgan fingerprint density at radius 3 is 2.57 bits per heavy atom. The third-order valence-electron chi connectivity index (χ3n) is 2.96. The van der Waals surface area contributed by atoms with Crippen molar-refractivity contribution in [1.29, 1.82) is 0 Å². The van der Waals surface area contributed by atoms with E-state index in [1.807, 2.05) is 42.6 Å². The maximum atomic E-state index is 12.1. The Morgan fingerprint density at radius 1 is 1.14 bits per heavy atom. The van der Waals surface area contributed by atoms with Crippen LogP contribution in [0.15, 0.2) is 48.1 Å². The van der Waals surface area contributed by atoms with Crippen LogP contribution >= 0.6 is 11.3 Å². The summed E-state index contributed by atoms with van der Waals surface area (Å²) in [7, 11) is 0. The van der Waals surface area contributed by atoms with Crippen LogP contribution in [0.4, 0.5) is 0 Å². The second-order valence-corrected chi connectivity index (χ2v) is 5.62. The first-order valence-electron chi connectivity index (χ1n) is 6.54. The molecular formula is C16H13N3OS. The summed E-state index contributed by atoms with van der Waals surface area (Å²) in [6.07, 6.45) is 3.54. The van der Waals surface area contributed by atoms with Gasteiger partial charge in [-0.2, -0.15) is 0 Å². The van der Waals surface area contributed by atoms with Gasteiger partial charge in [-0.25, -0.2) is 15.0 Å². The zero-order valence-corrected chi connectivity index (χ0v) is 12.3. The van der Waals surface area contributed by atoms with Crippen LogP contribution in [0, 0.1) is 6.92 Å². The van der Waals surface area contributed by atoms with E-state index in [0.717, 1.165) is 21.8 Å². The van der Waals surface area contributed by atoms with Crippen molar-refractivity contribution in [3.05, 3.63) is 64.5 Å². The van der Waals surface area contributed by atoms with Gasteiger partial charge in [0.2, 0.25) is 5.78 Å². The van der Waals surface area contributed by atoms with Crippen LogP contribution in [0.25, 0.3) is 11.3 Å². The summed E-state index contributed by atoms with van der Waals surface area (Å²) in [5, 5.41) is 2.75. The number of ketones is 1. The van der Waals surface area contributed by atoms with Crippen molar-refractivity contribution < 1.29 is 4.79 Å². The molecule has 0 atom stereocenters. The van der Waals surface area contributed by atoms with Crippen LogP contribution in [0.5, 0.6) is 0 Å². The highest BCUT2D eigenvalue weighted by molar-refractivity contribution is 7.10. The van der Waals surface area contributed by atoms with Crippen molar-refractivity contribution in [2.45, 2.75) is 13.3 Å². The first-order chi connectivity index (χ1) is 10.2. The lowest BCUT2D eigenvalue weighted by Crippen LogP contribution is -2.08. The summed E-state index contributed by atoms with van der Waals surface area (Å²) in [6, 6.07) is 9.92. The summed E-state index contributed by atoms with van der Waals surface area (Å²) in [5.74, 6) is 0.140. The number of aryl methyl sites for hydroxylation is 1. The van der Waals surface area contributed by atoms with Crippen LogP contribution in [0.2, 0.25) is 0 Å². The predicted molar refractivity (Wildman–Crippen MR) is 82.4 cm³/mol. The quantitative estimate of drug-likeness (QED) is 0.693. The molecule has 0 amide bonds. The fourth-order valence-electron chi connectivity index (χ4n) is 1.89. The minimum atomic E-state index is -0.107. The second-order valence-electron chi connectivity index (χ2n) is 4.68. The van der Waals surface area contributed by atoms with Gasteiger partial charge >= 0.3 is 0 Å². The van der Waals surface area contributed by atoms with E-state index in [1.54, 1.807) is 12.4 Å². The molecule has 5 heteroatoms. The molecule has 0 bridgehead atoms. The number of carbonyl (C=O) groups is 1. The molecule has 0 unspecified atom stereocenters. The molecule has 0 fully saturated rings. The van der Waals surface area contributed by atoms with Gasteiger partial charge < -0.3 is 0 Å². The molecule has 2 heterocycles. The number of Topliss-reactive ketones (excluding diaryl/α,β-unsaturated/α-hetero) is 1. The summed E-state index contributed by atoms with van der Waals surface area (Å²) >= 11 is 1.48. The van der Waals surface area contributed by atoms with E-state index >= 15 is 0 Å². The normalized spacial score (nSPS) is 10.5. The molecule has 104 valence electrons. The molecular weight excluding hydrogens is 282 g/mol. The Labute approximate surface area is 126 Å². The molecule has 2 aromatic heterocycles. The topological polar surface area (TPSA) is 55.7 Å². The summed E-state index contributed by atoms with van der Waals surface area (Å²) in [4.78, 5) is 24.7. The van der Waals surface area contributed by atoms with Gasteiger partial charge in [-0.1, -0.05) is 30.3 Å². The van der Waals surface area contributed by atoms with Crippen LogP contribution in [-0.2, 0) is 6.42 Å². The highest BCUT2D eigenvalue weighted by atomic mass is 32.1. The molecule has 3 aromatic rings. The molecule has 0 radical (unpaired) electrons. The molecule has 0 N–H and O–H groups in total. The third-order valence-corrected chi connectivity index (χ3v) is 3.81. The average molecular weight is 295 g/mol. The standard InChI is InChI=1S/C16H13N3OS/c1-11-8-17-16(18-9-11)14(20)7-15-19-13(10-21-15)12-5-3-2-4-6-12/h2-6,8-10H,7H2,1H3. The maximum Gasteiger partial charge on any atom is 0.206 e. The van der Waals surface area contributed by atoms with Crippen molar-refractivity contribution in [3.63, 3.8) is 0 Å². The highest BCUT2D eigenvalue weighted by Crippen LogP contribution is 2.22. The van der Waals surface area contributed by atoms with E-state index in [1.165, 1.54) is 11.3 Å². The van der Waals surface area contributed by atoms with Gasteiger partial charge in [0.1, 0.15) is 5.01 Å². The van der Waals surface area contributed by atoms with E-state index in [4.69, 9.17) is 0 Å². The largest absolute Gasteiger partial charge is 0.290 e. The summed E-state index contributed by atoms with van der Waals surface area (Å²) < 4.78 is 0. The molecule has 0 aliphatic rings. The van der Waals surface area contributed by atoms with Crippen molar-refractivity contribution in [1.82, 2.24) is 15.0 Å². The van der Waals surface area contributed by atoms with Crippen LogP contribution in [0.3, 0.4) is 0 Å². The third kappa shape index (κ3) is 3.20. The van der Waals surface area contributed by atoms with E-state index in [2.05, 4.69) is 15.0 Å². The number of thiazole rings is 1.